The molecular weight excluding hydrogens is 536 g/mol. The van der Waals surface area contributed by atoms with Crippen molar-refractivity contribution in [1.82, 2.24) is 4.98 Å². The number of rotatable bonds is 6. The van der Waals surface area contributed by atoms with Crippen LogP contribution in [0.4, 0.5) is 17.1 Å². The molecule has 0 saturated heterocycles. The number of hydrogen-bond donors (Lipinski definition) is 0. The summed E-state index contributed by atoms with van der Waals surface area (Å²) < 4.78 is 6.27. The third-order valence-electron chi connectivity index (χ3n) is 8.14. The number of hydrogen-bond acceptors (Lipinski definition) is 3. The van der Waals surface area contributed by atoms with E-state index in [2.05, 4.69) is 138 Å². The molecule has 0 unspecified atom stereocenters. The molecule has 0 aliphatic rings. The standard InChI is InChI=1S/C41H28N2O/c1-3-11-29(12-4-1)31-19-21-33(22-20-31)36-15-7-9-17-38(36)43(34-25-23-32(24-26-34)30-13-5-2-6-14-30)35-27-40-41(42-28-35)37-16-8-10-18-39(37)44-40/h1-28H. The van der Waals surface area contributed by atoms with Crippen LogP contribution in [-0.4, -0.2) is 4.98 Å². The van der Waals surface area contributed by atoms with Crippen molar-refractivity contribution in [3.05, 3.63) is 170 Å². The third-order valence-corrected chi connectivity index (χ3v) is 8.14. The van der Waals surface area contributed by atoms with Gasteiger partial charge in [0.1, 0.15) is 11.1 Å². The van der Waals surface area contributed by atoms with E-state index in [9.17, 15) is 0 Å². The number of fused-ring (bicyclic) bond motifs is 3. The number of furan rings is 1. The fraction of sp³-hybridized carbons (Fsp3) is 0. The van der Waals surface area contributed by atoms with Gasteiger partial charge in [0.2, 0.25) is 0 Å². The maximum Gasteiger partial charge on any atom is 0.155 e. The van der Waals surface area contributed by atoms with Gasteiger partial charge in [-0.25, -0.2) is 4.98 Å². The average Bonchev–Trinajstić information content (AvgIpc) is 3.48. The Balaban J connectivity index is 1.27. The van der Waals surface area contributed by atoms with Crippen molar-refractivity contribution in [1.29, 1.82) is 0 Å². The summed E-state index contributed by atoms with van der Waals surface area (Å²) in [6.45, 7) is 0. The molecule has 0 saturated carbocycles. The SMILES string of the molecule is c1ccc(-c2ccc(-c3ccccc3N(c3ccc(-c4ccccc4)cc3)c3cnc4c(c3)oc3ccccc34)cc2)cc1. The summed E-state index contributed by atoms with van der Waals surface area (Å²) in [5.74, 6) is 0. The maximum atomic E-state index is 6.27. The molecule has 0 aliphatic carbocycles. The second kappa shape index (κ2) is 11.0. The minimum atomic E-state index is 0.763. The monoisotopic (exact) mass is 564 g/mol. The quantitative estimate of drug-likeness (QED) is 0.201. The van der Waals surface area contributed by atoms with E-state index in [1.807, 2.05) is 36.5 Å². The van der Waals surface area contributed by atoms with Gasteiger partial charge in [0.15, 0.2) is 5.58 Å². The lowest BCUT2D eigenvalue weighted by Crippen LogP contribution is -2.11. The van der Waals surface area contributed by atoms with Gasteiger partial charge in [-0.15, -0.1) is 0 Å². The predicted molar refractivity (Wildman–Crippen MR) is 183 cm³/mol. The molecule has 208 valence electrons. The van der Waals surface area contributed by atoms with E-state index in [4.69, 9.17) is 9.40 Å². The Kier molecular flexibility index (Phi) is 6.47. The van der Waals surface area contributed by atoms with Gasteiger partial charge < -0.3 is 9.32 Å². The first-order valence-corrected chi connectivity index (χ1v) is 14.8. The second-order valence-corrected chi connectivity index (χ2v) is 10.8. The molecule has 0 radical (unpaired) electrons. The molecule has 6 aromatic carbocycles. The largest absolute Gasteiger partial charge is 0.454 e. The summed E-state index contributed by atoms with van der Waals surface area (Å²) >= 11 is 0. The van der Waals surface area contributed by atoms with Crippen molar-refractivity contribution in [2.45, 2.75) is 0 Å². The topological polar surface area (TPSA) is 29.3 Å². The Morgan fingerprint density at radius 3 is 1.68 bits per heavy atom. The Morgan fingerprint density at radius 2 is 0.977 bits per heavy atom. The van der Waals surface area contributed by atoms with Crippen LogP contribution in [0, 0.1) is 0 Å². The zero-order chi connectivity index (χ0) is 29.3. The Labute approximate surface area is 256 Å². The van der Waals surface area contributed by atoms with Crippen LogP contribution in [0.5, 0.6) is 0 Å². The lowest BCUT2D eigenvalue weighted by Gasteiger charge is -2.27. The zero-order valence-corrected chi connectivity index (χ0v) is 24.0. The first kappa shape index (κ1) is 25.8. The van der Waals surface area contributed by atoms with E-state index in [0.717, 1.165) is 50.3 Å². The van der Waals surface area contributed by atoms with E-state index >= 15 is 0 Å². The highest BCUT2D eigenvalue weighted by atomic mass is 16.3. The zero-order valence-electron chi connectivity index (χ0n) is 24.0. The van der Waals surface area contributed by atoms with Crippen LogP contribution in [0.1, 0.15) is 0 Å². The van der Waals surface area contributed by atoms with Gasteiger partial charge in [-0.3, -0.25) is 0 Å². The van der Waals surface area contributed by atoms with Crippen LogP contribution in [0.25, 0.3) is 55.4 Å². The lowest BCUT2D eigenvalue weighted by molar-refractivity contribution is 0.668. The second-order valence-electron chi connectivity index (χ2n) is 10.8. The van der Waals surface area contributed by atoms with Crippen LogP contribution in [-0.2, 0) is 0 Å². The molecular formula is C41H28N2O. The molecule has 8 rings (SSSR count). The molecule has 0 aliphatic heterocycles. The van der Waals surface area contributed by atoms with Crippen molar-refractivity contribution < 1.29 is 4.42 Å². The summed E-state index contributed by atoms with van der Waals surface area (Å²) in [5, 5.41) is 1.02. The van der Waals surface area contributed by atoms with Gasteiger partial charge in [0.25, 0.3) is 0 Å². The molecule has 0 spiro atoms. The molecule has 2 aromatic heterocycles. The van der Waals surface area contributed by atoms with E-state index in [1.54, 1.807) is 0 Å². The van der Waals surface area contributed by atoms with Gasteiger partial charge >= 0.3 is 0 Å². The van der Waals surface area contributed by atoms with Crippen molar-refractivity contribution in [2.24, 2.45) is 0 Å². The van der Waals surface area contributed by atoms with E-state index in [0.29, 0.717) is 0 Å². The molecule has 44 heavy (non-hydrogen) atoms. The van der Waals surface area contributed by atoms with Crippen molar-refractivity contribution >= 4 is 39.1 Å². The predicted octanol–water partition coefficient (Wildman–Crippen LogP) is 11.5. The van der Waals surface area contributed by atoms with E-state index < -0.39 is 0 Å². The minimum Gasteiger partial charge on any atom is -0.454 e. The number of aromatic nitrogens is 1. The molecule has 0 fully saturated rings. The first-order chi connectivity index (χ1) is 21.8. The third kappa shape index (κ3) is 4.71. The van der Waals surface area contributed by atoms with Crippen LogP contribution in [0.15, 0.2) is 174 Å². The average molecular weight is 565 g/mol. The van der Waals surface area contributed by atoms with Crippen LogP contribution < -0.4 is 4.90 Å². The molecule has 0 amide bonds. The van der Waals surface area contributed by atoms with Crippen LogP contribution in [0.3, 0.4) is 0 Å². The lowest BCUT2D eigenvalue weighted by atomic mass is 9.98. The Morgan fingerprint density at radius 1 is 0.432 bits per heavy atom. The fourth-order valence-electron chi connectivity index (χ4n) is 5.95. The van der Waals surface area contributed by atoms with Gasteiger partial charge in [-0.2, -0.15) is 0 Å². The molecule has 0 bridgehead atoms. The normalized spacial score (nSPS) is 11.2. The summed E-state index contributed by atoms with van der Waals surface area (Å²) in [6.07, 6.45) is 1.95. The summed E-state index contributed by atoms with van der Waals surface area (Å²) in [5.41, 5.74) is 12.5. The fourth-order valence-corrected chi connectivity index (χ4v) is 5.95. The van der Waals surface area contributed by atoms with E-state index in [-0.39, 0.29) is 0 Å². The van der Waals surface area contributed by atoms with Gasteiger partial charge in [0.05, 0.1) is 17.6 Å². The molecule has 3 nitrogen and oxygen atoms in total. The van der Waals surface area contributed by atoms with Gasteiger partial charge in [0, 0.05) is 22.7 Å². The van der Waals surface area contributed by atoms with Crippen molar-refractivity contribution in [3.8, 4) is 33.4 Å². The highest BCUT2D eigenvalue weighted by Crippen LogP contribution is 2.42. The number of benzene rings is 6. The molecule has 0 atom stereocenters. The Hall–Kier alpha value is -5.93. The van der Waals surface area contributed by atoms with Gasteiger partial charge in [-0.1, -0.05) is 127 Å². The van der Waals surface area contributed by atoms with Crippen LogP contribution in [0.2, 0.25) is 0 Å². The molecule has 3 heteroatoms. The highest BCUT2D eigenvalue weighted by molar-refractivity contribution is 6.03. The van der Waals surface area contributed by atoms with Gasteiger partial charge in [-0.05, 0) is 58.1 Å². The summed E-state index contributed by atoms with van der Waals surface area (Å²) in [4.78, 5) is 7.19. The van der Waals surface area contributed by atoms with Crippen molar-refractivity contribution in [3.63, 3.8) is 0 Å². The number of anilines is 3. The maximum absolute atomic E-state index is 6.27. The number of para-hydroxylation sites is 2. The summed E-state index contributed by atoms with van der Waals surface area (Å²) in [7, 11) is 0. The molecule has 2 heterocycles. The van der Waals surface area contributed by atoms with Crippen LogP contribution >= 0.6 is 0 Å². The number of pyridine rings is 1. The first-order valence-electron chi connectivity index (χ1n) is 14.8. The highest BCUT2D eigenvalue weighted by Gasteiger charge is 2.19. The summed E-state index contributed by atoms with van der Waals surface area (Å²) in [6, 6.07) is 57.2. The molecule has 0 N–H and O–H groups in total. The number of nitrogens with zero attached hydrogens (tertiary/aromatic N) is 2. The van der Waals surface area contributed by atoms with Crippen molar-refractivity contribution in [2.75, 3.05) is 4.90 Å². The smallest absolute Gasteiger partial charge is 0.155 e. The van der Waals surface area contributed by atoms with E-state index in [1.165, 1.54) is 22.3 Å². The molecule has 8 aromatic rings. The minimum absolute atomic E-state index is 0.763. The Bertz CT molecular complexity index is 2200.